The summed E-state index contributed by atoms with van der Waals surface area (Å²) in [4.78, 5) is 3.12. The van der Waals surface area contributed by atoms with E-state index >= 15 is 0 Å². The summed E-state index contributed by atoms with van der Waals surface area (Å²) >= 11 is 10.3. The van der Waals surface area contributed by atoms with Gasteiger partial charge < -0.3 is 11.1 Å². The van der Waals surface area contributed by atoms with E-state index in [1.807, 2.05) is 25.1 Å². The molecule has 1 unspecified atom stereocenters. The predicted octanol–water partition coefficient (Wildman–Crippen LogP) is 4.13. The van der Waals surface area contributed by atoms with Crippen LogP contribution in [0.3, 0.4) is 0 Å². The number of hydrogen-bond donors (Lipinski definition) is 2. The number of hydrogen-bond acceptors (Lipinski definition) is 3. The highest BCUT2D eigenvalue weighted by Crippen LogP contribution is 2.44. The molecule has 0 saturated carbocycles. The van der Waals surface area contributed by atoms with Crippen molar-refractivity contribution < 1.29 is 4.39 Å². The van der Waals surface area contributed by atoms with Crippen LogP contribution >= 0.6 is 27.5 Å². The number of nitrogens with one attached hydrogen (secondary N) is 1. The van der Waals surface area contributed by atoms with Gasteiger partial charge in [-0.2, -0.15) is 0 Å². The second kappa shape index (κ2) is 5.98. The second-order valence-corrected chi connectivity index (χ2v) is 6.72. The highest BCUT2D eigenvalue weighted by Gasteiger charge is 2.38. The van der Waals surface area contributed by atoms with Crippen LogP contribution in [-0.2, 0) is 5.00 Å². The normalized spacial score (nSPS) is 21.0. The molecule has 1 aliphatic rings. The van der Waals surface area contributed by atoms with E-state index in [4.69, 9.17) is 17.3 Å². The maximum Gasteiger partial charge on any atom is 0.165 e. The Morgan fingerprint density at radius 2 is 1.96 bits per heavy atom. The number of nitrogens with zero attached hydrogens (tertiary/aromatic N) is 1. The van der Waals surface area contributed by atoms with E-state index in [0.717, 1.165) is 16.8 Å². The first kappa shape index (κ1) is 16.0. The average molecular weight is 395 g/mol. The fourth-order valence-corrected chi connectivity index (χ4v) is 3.24. The monoisotopic (exact) mass is 393 g/mol. The molecule has 3 rings (SSSR count). The molecule has 118 valence electrons. The van der Waals surface area contributed by atoms with E-state index in [1.54, 1.807) is 18.3 Å². The average Bonchev–Trinajstić information content (AvgIpc) is 2.51. The number of alkyl halides is 1. The number of benzene rings is 1. The Bertz CT molecular complexity index is 817. The number of nitrogens with two attached hydrogens (primary N) is 1. The van der Waals surface area contributed by atoms with Crippen molar-refractivity contribution in [3.63, 3.8) is 0 Å². The number of allylic oxidation sites excluding steroid dienone is 2. The van der Waals surface area contributed by atoms with Gasteiger partial charge in [-0.05, 0) is 64.3 Å². The van der Waals surface area contributed by atoms with Crippen LogP contribution in [0.25, 0.3) is 5.57 Å². The maximum atomic E-state index is 13.3. The van der Waals surface area contributed by atoms with Crippen LogP contribution in [0, 0.1) is 12.7 Å². The Labute approximate surface area is 147 Å². The Kier molecular flexibility index (Phi) is 4.17. The van der Waals surface area contributed by atoms with E-state index in [2.05, 4.69) is 26.2 Å². The van der Waals surface area contributed by atoms with Crippen molar-refractivity contribution in [1.82, 2.24) is 10.3 Å². The lowest BCUT2D eigenvalue weighted by atomic mass is 9.90. The first-order chi connectivity index (χ1) is 10.9. The van der Waals surface area contributed by atoms with Crippen LogP contribution in [0.5, 0.6) is 0 Å². The summed E-state index contributed by atoms with van der Waals surface area (Å²) in [6.45, 7) is 1.91. The maximum absolute atomic E-state index is 13.3. The summed E-state index contributed by atoms with van der Waals surface area (Å²) in [6, 6.07) is 9.85. The second-order valence-electron chi connectivity index (χ2n) is 5.30. The third kappa shape index (κ3) is 2.99. The van der Waals surface area contributed by atoms with Gasteiger partial charge in [-0.25, -0.2) is 4.39 Å². The Hall–Kier alpha value is -1.85. The molecule has 0 fully saturated rings. The Morgan fingerprint density at radius 1 is 1.26 bits per heavy atom. The first-order valence-corrected chi connectivity index (χ1v) is 8.11. The molecule has 3 N–H and O–H groups in total. The summed E-state index contributed by atoms with van der Waals surface area (Å²) in [6.07, 6.45) is 3.60. The van der Waals surface area contributed by atoms with Crippen molar-refractivity contribution in [1.29, 1.82) is 0 Å². The molecule has 0 bridgehead atoms. The summed E-state index contributed by atoms with van der Waals surface area (Å²) in [5.74, 6) is 0.0960. The Morgan fingerprint density at radius 3 is 2.61 bits per heavy atom. The van der Waals surface area contributed by atoms with Gasteiger partial charge in [0.1, 0.15) is 11.6 Å². The smallest absolute Gasteiger partial charge is 0.165 e. The van der Waals surface area contributed by atoms with Crippen molar-refractivity contribution in [2.45, 2.75) is 11.9 Å². The van der Waals surface area contributed by atoms with Gasteiger partial charge in [-0.3, -0.25) is 4.98 Å². The lowest BCUT2D eigenvalue weighted by Gasteiger charge is -2.36. The molecule has 0 saturated heterocycles. The highest BCUT2D eigenvalue weighted by atomic mass is 79.9. The number of dihydropyridines is 1. The van der Waals surface area contributed by atoms with Gasteiger partial charge in [0.2, 0.25) is 0 Å². The Balaban J connectivity index is 2.18. The van der Waals surface area contributed by atoms with Crippen molar-refractivity contribution in [2.75, 3.05) is 0 Å². The molecular weight excluding hydrogens is 381 g/mol. The molecule has 1 aromatic carbocycles. The van der Waals surface area contributed by atoms with Crippen molar-refractivity contribution in [2.24, 2.45) is 5.73 Å². The summed E-state index contributed by atoms with van der Waals surface area (Å²) in [7, 11) is 0. The zero-order chi connectivity index (χ0) is 16.6. The quantitative estimate of drug-likeness (QED) is 0.595. The molecule has 1 atom stereocenters. The third-order valence-electron chi connectivity index (χ3n) is 3.66. The minimum atomic E-state index is -1.09. The van der Waals surface area contributed by atoms with Crippen LogP contribution in [0.15, 0.2) is 59.0 Å². The number of halogens is 3. The summed E-state index contributed by atoms with van der Waals surface area (Å²) in [5.41, 5.74) is 9.29. The molecule has 0 radical (unpaired) electrons. The molecule has 6 heteroatoms. The minimum Gasteiger partial charge on any atom is -0.385 e. The summed E-state index contributed by atoms with van der Waals surface area (Å²) in [5, 5.41) is 3.11. The first-order valence-electron chi connectivity index (χ1n) is 6.94. The number of aryl methyl sites for hydroxylation is 1. The van der Waals surface area contributed by atoms with E-state index in [0.29, 0.717) is 15.9 Å². The van der Waals surface area contributed by atoms with Gasteiger partial charge in [0.15, 0.2) is 5.00 Å². The lowest BCUT2D eigenvalue weighted by Crippen LogP contribution is -2.42. The van der Waals surface area contributed by atoms with Gasteiger partial charge in [0.25, 0.3) is 0 Å². The highest BCUT2D eigenvalue weighted by molar-refractivity contribution is 9.11. The van der Waals surface area contributed by atoms with Crippen LogP contribution in [0.4, 0.5) is 4.39 Å². The summed E-state index contributed by atoms with van der Waals surface area (Å²) < 4.78 is 14.0. The molecule has 0 spiro atoms. The third-order valence-corrected chi connectivity index (χ3v) is 4.83. The molecule has 1 aromatic heterocycles. The molecular formula is C17H14BrClFN3. The topological polar surface area (TPSA) is 50.9 Å². The van der Waals surface area contributed by atoms with Crippen molar-refractivity contribution in [3.8, 4) is 0 Å². The standard InChI is InChI=1S/C17H14BrClFN3/c1-10-8-11(6-7-22-10)14-9-15(18)16(21)23-17(14,19)12-2-4-13(20)5-3-12/h2-9,23H,21H2,1H3. The number of aromatic nitrogens is 1. The van der Waals surface area contributed by atoms with Gasteiger partial charge in [0, 0.05) is 17.5 Å². The fraction of sp³-hybridized carbons (Fsp3) is 0.118. The molecule has 0 amide bonds. The predicted molar refractivity (Wildman–Crippen MR) is 94.2 cm³/mol. The SMILES string of the molecule is Cc1cc(C2=CC(Br)=C(N)NC2(Cl)c2ccc(F)cc2)ccn1. The largest absolute Gasteiger partial charge is 0.385 e. The molecule has 1 aliphatic heterocycles. The number of pyridine rings is 1. The van der Waals surface area contributed by atoms with Crippen LogP contribution in [-0.4, -0.2) is 4.98 Å². The molecule has 2 aromatic rings. The van der Waals surface area contributed by atoms with Crippen molar-refractivity contribution in [3.05, 3.63) is 81.6 Å². The molecule has 23 heavy (non-hydrogen) atoms. The fourth-order valence-electron chi connectivity index (χ4n) is 2.52. The number of rotatable bonds is 2. The van der Waals surface area contributed by atoms with Gasteiger partial charge in [-0.15, -0.1) is 0 Å². The van der Waals surface area contributed by atoms with E-state index in [9.17, 15) is 4.39 Å². The molecule has 0 aliphatic carbocycles. The molecule has 2 heterocycles. The minimum absolute atomic E-state index is 0.320. The zero-order valence-corrected chi connectivity index (χ0v) is 14.6. The lowest BCUT2D eigenvalue weighted by molar-refractivity contribution is 0.616. The van der Waals surface area contributed by atoms with Crippen LogP contribution in [0.1, 0.15) is 16.8 Å². The van der Waals surface area contributed by atoms with Gasteiger partial charge in [-0.1, -0.05) is 23.7 Å². The van der Waals surface area contributed by atoms with E-state index < -0.39 is 5.00 Å². The van der Waals surface area contributed by atoms with Crippen LogP contribution < -0.4 is 11.1 Å². The van der Waals surface area contributed by atoms with Gasteiger partial charge in [0.05, 0.1) is 4.48 Å². The van der Waals surface area contributed by atoms with Crippen LogP contribution in [0.2, 0.25) is 0 Å². The van der Waals surface area contributed by atoms with E-state index in [-0.39, 0.29) is 5.82 Å². The molecule has 3 nitrogen and oxygen atoms in total. The van der Waals surface area contributed by atoms with E-state index in [1.165, 1.54) is 12.1 Å². The van der Waals surface area contributed by atoms with Crippen molar-refractivity contribution >= 4 is 33.1 Å². The van der Waals surface area contributed by atoms with Gasteiger partial charge >= 0.3 is 0 Å². The zero-order valence-electron chi connectivity index (χ0n) is 12.3.